The predicted molar refractivity (Wildman–Crippen MR) is 60.5 cm³/mol. The summed E-state index contributed by atoms with van der Waals surface area (Å²) in [5.74, 6) is 1.14. The smallest absolute Gasteiger partial charge is 0.120 e. The molecule has 1 rings (SSSR count). The van der Waals surface area contributed by atoms with Crippen molar-refractivity contribution in [2.75, 3.05) is 6.54 Å². The molecule has 80 valence electrons. The molecule has 0 bridgehead atoms. The number of rotatable bonds is 5. The first-order chi connectivity index (χ1) is 6.65. The second-order valence-electron chi connectivity index (χ2n) is 3.96. The van der Waals surface area contributed by atoms with E-state index in [9.17, 15) is 0 Å². The van der Waals surface area contributed by atoms with Crippen molar-refractivity contribution in [1.82, 2.24) is 10.2 Å². The molecule has 1 heterocycles. The number of hydrogen-bond donors (Lipinski definition) is 1. The summed E-state index contributed by atoms with van der Waals surface area (Å²) in [5.41, 5.74) is 5.45. The summed E-state index contributed by atoms with van der Waals surface area (Å²) in [6.07, 6.45) is 1.98. The van der Waals surface area contributed by atoms with Crippen molar-refractivity contribution < 1.29 is 0 Å². The summed E-state index contributed by atoms with van der Waals surface area (Å²) in [4.78, 5) is 0. The lowest BCUT2D eigenvalue weighted by atomic mass is 9.99. The number of nitrogens with zero attached hydrogens (tertiary/aromatic N) is 2. The van der Waals surface area contributed by atoms with Gasteiger partial charge in [-0.3, -0.25) is 0 Å². The monoisotopic (exact) mass is 213 g/mol. The average molecular weight is 213 g/mol. The van der Waals surface area contributed by atoms with E-state index in [-0.39, 0.29) is 0 Å². The van der Waals surface area contributed by atoms with E-state index in [0.717, 1.165) is 29.4 Å². The van der Waals surface area contributed by atoms with E-state index >= 15 is 0 Å². The van der Waals surface area contributed by atoms with Crippen molar-refractivity contribution in [1.29, 1.82) is 0 Å². The third-order valence-electron chi connectivity index (χ3n) is 2.47. The Kier molecular flexibility index (Phi) is 4.48. The molecule has 0 aromatic carbocycles. The molecule has 3 nitrogen and oxygen atoms in total. The minimum absolute atomic E-state index is 0.513. The Morgan fingerprint density at radius 2 is 2.00 bits per heavy atom. The Bertz CT molecular complexity index is 270. The van der Waals surface area contributed by atoms with Crippen molar-refractivity contribution in [3.8, 4) is 0 Å². The molecule has 1 aromatic rings. The number of hydrogen-bond acceptors (Lipinski definition) is 4. The van der Waals surface area contributed by atoms with Crippen LogP contribution < -0.4 is 5.73 Å². The zero-order chi connectivity index (χ0) is 10.6. The van der Waals surface area contributed by atoms with Gasteiger partial charge in [0.1, 0.15) is 10.0 Å². The SMILES string of the molecule is CC(C)C(C)c1nnc(CCCN)s1. The maximum absolute atomic E-state index is 5.45. The Balaban J connectivity index is 2.58. The molecule has 2 N–H and O–H groups in total. The number of nitrogens with two attached hydrogens (primary N) is 1. The normalized spacial score (nSPS) is 13.5. The van der Waals surface area contributed by atoms with Gasteiger partial charge >= 0.3 is 0 Å². The fourth-order valence-electron chi connectivity index (χ4n) is 1.09. The summed E-state index contributed by atoms with van der Waals surface area (Å²) < 4.78 is 0. The maximum Gasteiger partial charge on any atom is 0.120 e. The third-order valence-corrected chi connectivity index (χ3v) is 3.65. The van der Waals surface area contributed by atoms with Crippen LogP contribution in [-0.4, -0.2) is 16.7 Å². The van der Waals surface area contributed by atoms with Gasteiger partial charge in [-0.1, -0.05) is 20.8 Å². The van der Waals surface area contributed by atoms with Gasteiger partial charge in [0, 0.05) is 12.3 Å². The quantitative estimate of drug-likeness (QED) is 0.815. The van der Waals surface area contributed by atoms with Crippen molar-refractivity contribution in [3.63, 3.8) is 0 Å². The molecule has 0 saturated heterocycles. The molecule has 0 amide bonds. The third kappa shape index (κ3) is 3.03. The van der Waals surface area contributed by atoms with E-state index in [1.54, 1.807) is 11.3 Å². The van der Waals surface area contributed by atoms with Crippen LogP contribution in [0.3, 0.4) is 0 Å². The van der Waals surface area contributed by atoms with E-state index in [1.807, 2.05) is 0 Å². The summed E-state index contributed by atoms with van der Waals surface area (Å²) >= 11 is 1.73. The zero-order valence-corrected chi connectivity index (χ0v) is 9.97. The molecule has 1 atom stereocenters. The van der Waals surface area contributed by atoms with Gasteiger partial charge in [-0.2, -0.15) is 0 Å². The topological polar surface area (TPSA) is 51.8 Å². The van der Waals surface area contributed by atoms with Crippen LogP contribution in [0.2, 0.25) is 0 Å². The molecule has 14 heavy (non-hydrogen) atoms. The van der Waals surface area contributed by atoms with Crippen molar-refractivity contribution >= 4 is 11.3 Å². The summed E-state index contributed by atoms with van der Waals surface area (Å²) in [6.45, 7) is 7.36. The van der Waals surface area contributed by atoms with Crippen LogP contribution in [0.5, 0.6) is 0 Å². The molecule has 1 unspecified atom stereocenters. The minimum atomic E-state index is 0.513. The first-order valence-electron chi connectivity index (χ1n) is 5.17. The summed E-state index contributed by atoms with van der Waals surface area (Å²) in [7, 11) is 0. The lowest BCUT2D eigenvalue weighted by Gasteiger charge is -2.10. The first-order valence-corrected chi connectivity index (χ1v) is 5.99. The molecule has 0 saturated carbocycles. The van der Waals surface area contributed by atoms with Gasteiger partial charge in [0.05, 0.1) is 0 Å². The lowest BCUT2D eigenvalue weighted by Crippen LogP contribution is -2.00. The fraction of sp³-hybridized carbons (Fsp3) is 0.800. The fourth-order valence-corrected chi connectivity index (χ4v) is 2.20. The van der Waals surface area contributed by atoms with Crippen LogP contribution in [0.15, 0.2) is 0 Å². The molecular formula is C10H19N3S. The molecule has 4 heteroatoms. The summed E-state index contributed by atoms with van der Waals surface area (Å²) in [6, 6.07) is 0. The van der Waals surface area contributed by atoms with Gasteiger partial charge in [0.25, 0.3) is 0 Å². The largest absolute Gasteiger partial charge is 0.330 e. The highest BCUT2D eigenvalue weighted by atomic mass is 32.1. The highest BCUT2D eigenvalue weighted by Crippen LogP contribution is 2.26. The van der Waals surface area contributed by atoms with Gasteiger partial charge in [0.15, 0.2) is 0 Å². The molecule has 0 radical (unpaired) electrons. The zero-order valence-electron chi connectivity index (χ0n) is 9.16. The van der Waals surface area contributed by atoms with E-state index in [1.165, 1.54) is 0 Å². The van der Waals surface area contributed by atoms with E-state index < -0.39 is 0 Å². The van der Waals surface area contributed by atoms with Crippen molar-refractivity contribution in [2.45, 2.75) is 39.5 Å². The first kappa shape index (κ1) is 11.6. The molecule has 0 aliphatic heterocycles. The van der Waals surface area contributed by atoms with Crippen LogP contribution >= 0.6 is 11.3 Å². The predicted octanol–water partition coefficient (Wildman–Crippen LogP) is 2.19. The Hall–Kier alpha value is -0.480. The molecule has 0 fully saturated rings. The number of aromatic nitrogens is 2. The van der Waals surface area contributed by atoms with Gasteiger partial charge < -0.3 is 5.73 Å². The van der Waals surface area contributed by atoms with Crippen LogP contribution in [0.1, 0.15) is 43.1 Å². The van der Waals surface area contributed by atoms with Crippen LogP contribution in [0.4, 0.5) is 0 Å². The Morgan fingerprint density at radius 3 is 2.57 bits per heavy atom. The van der Waals surface area contributed by atoms with Crippen molar-refractivity contribution in [2.24, 2.45) is 11.7 Å². The molecule has 1 aromatic heterocycles. The lowest BCUT2D eigenvalue weighted by molar-refractivity contribution is 0.529. The maximum atomic E-state index is 5.45. The average Bonchev–Trinajstić information content (AvgIpc) is 2.61. The van der Waals surface area contributed by atoms with Crippen LogP contribution in [0, 0.1) is 5.92 Å². The minimum Gasteiger partial charge on any atom is -0.330 e. The van der Waals surface area contributed by atoms with E-state index in [2.05, 4.69) is 31.0 Å². The highest BCUT2D eigenvalue weighted by molar-refractivity contribution is 7.11. The van der Waals surface area contributed by atoms with Gasteiger partial charge in [-0.05, 0) is 18.9 Å². The number of aryl methyl sites for hydroxylation is 1. The second kappa shape index (κ2) is 5.41. The van der Waals surface area contributed by atoms with Gasteiger partial charge in [0.2, 0.25) is 0 Å². The van der Waals surface area contributed by atoms with Crippen molar-refractivity contribution in [3.05, 3.63) is 10.0 Å². The second-order valence-corrected chi connectivity index (χ2v) is 5.05. The standard InChI is InChI=1S/C10H19N3S/c1-7(2)8(3)10-13-12-9(14-10)5-4-6-11/h7-8H,4-6,11H2,1-3H3. The highest BCUT2D eigenvalue weighted by Gasteiger charge is 2.14. The summed E-state index contributed by atoms with van der Waals surface area (Å²) in [5, 5.41) is 10.7. The molecular weight excluding hydrogens is 194 g/mol. The molecule has 0 aliphatic carbocycles. The Labute approximate surface area is 89.7 Å². The van der Waals surface area contributed by atoms with Gasteiger partial charge in [-0.25, -0.2) is 0 Å². The van der Waals surface area contributed by atoms with E-state index in [4.69, 9.17) is 5.73 Å². The van der Waals surface area contributed by atoms with E-state index in [0.29, 0.717) is 11.8 Å². The Morgan fingerprint density at radius 1 is 1.29 bits per heavy atom. The molecule has 0 spiro atoms. The van der Waals surface area contributed by atoms with Gasteiger partial charge in [-0.15, -0.1) is 21.5 Å². The molecule has 0 aliphatic rings. The van der Waals surface area contributed by atoms with Crippen LogP contribution in [-0.2, 0) is 6.42 Å². The van der Waals surface area contributed by atoms with Crippen LogP contribution in [0.25, 0.3) is 0 Å².